The Morgan fingerprint density at radius 1 is 1.14 bits per heavy atom. The van der Waals surface area contributed by atoms with Crippen LogP contribution < -0.4 is 10.2 Å². The number of anilines is 2. The number of fused-ring (bicyclic) bond motifs is 2. The molecule has 2 fully saturated rings. The summed E-state index contributed by atoms with van der Waals surface area (Å²) in [5, 5.41) is 4.59. The number of benzene rings is 1. The van der Waals surface area contributed by atoms with E-state index in [0.29, 0.717) is 17.6 Å². The molecule has 2 aliphatic heterocycles. The van der Waals surface area contributed by atoms with Crippen LogP contribution >= 0.6 is 0 Å². The van der Waals surface area contributed by atoms with Gasteiger partial charge in [0.1, 0.15) is 17.2 Å². The molecule has 0 unspecified atom stereocenters. The number of H-pyrrole nitrogens is 1. The van der Waals surface area contributed by atoms with E-state index in [1.165, 1.54) is 17.4 Å². The lowest BCUT2D eigenvalue weighted by Crippen LogP contribution is -2.44. The minimum Gasteiger partial charge on any atom is -0.380 e. The Balaban J connectivity index is 1.21. The Kier molecular flexibility index (Phi) is 3.70. The average molecular weight is 386 g/mol. The summed E-state index contributed by atoms with van der Waals surface area (Å²) >= 11 is 0. The molecule has 2 saturated heterocycles. The molecule has 1 aromatic carbocycles. The topological polar surface area (TPSA) is 79.0 Å². The minimum absolute atomic E-state index is 0.339. The third-order valence-corrected chi connectivity index (χ3v) is 6.06. The van der Waals surface area contributed by atoms with Gasteiger partial charge >= 0.3 is 0 Å². The van der Waals surface area contributed by atoms with E-state index in [2.05, 4.69) is 44.5 Å². The van der Waals surface area contributed by atoms with Gasteiger partial charge in [0, 0.05) is 36.8 Å². The van der Waals surface area contributed by atoms with Gasteiger partial charge in [0.15, 0.2) is 5.65 Å². The monoisotopic (exact) mass is 386 g/mol. The van der Waals surface area contributed by atoms with Gasteiger partial charge in [-0.25, -0.2) is 15.0 Å². The Hall–Kier alpha value is -3.19. The molecule has 0 atom stereocenters. The van der Waals surface area contributed by atoms with Crippen molar-refractivity contribution in [3.8, 4) is 0 Å². The van der Waals surface area contributed by atoms with E-state index in [4.69, 9.17) is 14.7 Å². The first-order valence-corrected chi connectivity index (χ1v) is 10.0. The van der Waals surface area contributed by atoms with E-state index < -0.39 is 0 Å². The summed E-state index contributed by atoms with van der Waals surface area (Å²) in [4.78, 5) is 19.6. The quantitative estimate of drug-likeness (QED) is 0.560. The highest BCUT2D eigenvalue weighted by Gasteiger charge is 2.44. The Labute approximate surface area is 168 Å². The fourth-order valence-electron chi connectivity index (χ4n) is 4.30. The van der Waals surface area contributed by atoms with Crippen LogP contribution in [0.2, 0.25) is 0 Å². The molecule has 2 N–H and O–H groups in total. The fourth-order valence-corrected chi connectivity index (χ4v) is 4.30. The highest BCUT2D eigenvalue weighted by Crippen LogP contribution is 2.39. The summed E-state index contributed by atoms with van der Waals surface area (Å²) in [6, 6.07) is 12.5. The van der Waals surface area contributed by atoms with E-state index in [0.717, 1.165) is 49.0 Å². The van der Waals surface area contributed by atoms with Crippen LogP contribution in [0.5, 0.6) is 0 Å². The summed E-state index contributed by atoms with van der Waals surface area (Å²) in [5.41, 5.74) is 4.16. The second-order valence-corrected chi connectivity index (χ2v) is 8.18. The van der Waals surface area contributed by atoms with Crippen molar-refractivity contribution in [3.63, 3.8) is 0 Å². The number of nitrogens with one attached hydrogen (secondary N) is 2. The molecule has 0 saturated carbocycles. The molecule has 6 rings (SSSR count). The van der Waals surface area contributed by atoms with Gasteiger partial charge in [-0.15, -0.1) is 0 Å². The van der Waals surface area contributed by atoms with Crippen LogP contribution in [0.4, 0.5) is 11.6 Å². The van der Waals surface area contributed by atoms with Gasteiger partial charge in [0.2, 0.25) is 0 Å². The maximum Gasteiger partial charge on any atom is 0.182 e. The van der Waals surface area contributed by atoms with Crippen molar-refractivity contribution in [1.29, 1.82) is 0 Å². The van der Waals surface area contributed by atoms with Crippen LogP contribution in [0.1, 0.15) is 12.0 Å². The maximum atomic E-state index is 5.43. The zero-order chi connectivity index (χ0) is 19.3. The standard InChI is InChI=1S/C22H22N6O/c1-2-16-5-7-23-18(16)9-15(1)10-25-19-11-24-17-3-4-20(27-21(17)26-19)28-8-6-22(12-28)13-29-14-22/h1-5,7,9,11,23H,6,8,10,12-14H2,(H,25,26,27). The van der Waals surface area contributed by atoms with E-state index in [9.17, 15) is 0 Å². The van der Waals surface area contributed by atoms with Gasteiger partial charge in [0.05, 0.1) is 19.4 Å². The third kappa shape index (κ3) is 2.98. The summed E-state index contributed by atoms with van der Waals surface area (Å²) in [5.74, 6) is 1.71. The predicted octanol–water partition coefficient (Wildman–Crippen LogP) is 3.34. The Bertz CT molecular complexity index is 1200. The number of nitrogens with zero attached hydrogens (tertiary/aromatic N) is 4. The highest BCUT2D eigenvalue weighted by atomic mass is 16.5. The molecule has 29 heavy (non-hydrogen) atoms. The smallest absolute Gasteiger partial charge is 0.182 e. The lowest BCUT2D eigenvalue weighted by Gasteiger charge is -2.37. The molecule has 0 bridgehead atoms. The zero-order valence-corrected chi connectivity index (χ0v) is 16.1. The first-order valence-electron chi connectivity index (χ1n) is 10.0. The fraction of sp³-hybridized carbons (Fsp3) is 0.318. The van der Waals surface area contributed by atoms with Crippen LogP contribution in [0.15, 0.2) is 48.8 Å². The molecule has 0 amide bonds. The van der Waals surface area contributed by atoms with Crippen LogP contribution in [0, 0.1) is 5.41 Å². The summed E-state index contributed by atoms with van der Waals surface area (Å²) in [6.07, 6.45) is 4.90. The molecule has 0 radical (unpaired) electrons. The minimum atomic E-state index is 0.339. The number of aromatic amines is 1. The van der Waals surface area contributed by atoms with Crippen molar-refractivity contribution < 1.29 is 4.74 Å². The molecule has 146 valence electrons. The zero-order valence-electron chi connectivity index (χ0n) is 16.1. The largest absolute Gasteiger partial charge is 0.380 e. The first kappa shape index (κ1) is 16.7. The maximum absolute atomic E-state index is 5.43. The normalized spacial score (nSPS) is 17.9. The van der Waals surface area contributed by atoms with E-state index in [-0.39, 0.29) is 0 Å². The van der Waals surface area contributed by atoms with E-state index in [1.54, 1.807) is 6.20 Å². The molecular weight excluding hydrogens is 364 g/mol. The summed E-state index contributed by atoms with van der Waals surface area (Å²) in [6.45, 7) is 4.47. The average Bonchev–Trinajstić information content (AvgIpc) is 3.38. The van der Waals surface area contributed by atoms with Crippen molar-refractivity contribution in [3.05, 3.63) is 54.4 Å². The number of aromatic nitrogens is 4. The molecule has 7 heteroatoms. The SMILES string of the molecule is c1cc2ccc(CNc3cnc4ccc(N5CCC6(COC6)C5)nc4n3)cc2[nH]1. The van der Waals surface area contributed by atoms with Crippen LogP contribution in [0.25, 0.3) is 22.1 Å². The van der Waals surface area contributed by atoms with Gasteiger partial charge < -0.3 is 19.9 Å². The van der Waals surface area contributed by atoms with Gasteiger partial charge in [-0.05, 0) is 41.6 Å². The predicted molar refractivity (Wildman–Crippen MR) is 113 cm³/mol. The number of hydrogen-bond donors (Lipinski definition) is 2. The van der Waals surface area contributed by atoms with E-state index in [1.807, 2.05) is 18.3 Å². The number of rotatable bonds is 4. The summed E-state index contributed by atoms with van der Waals surface area (Å²) in [7, 11) is 0. The molecule has 4 aromatic rings. The van der Waals surface area contributed by atoms with Crippen LogP contribution in [-0.4, -0.2) is 46.2 Å². The third-order valence-electron chi connectivity index (χ3n) is 6.06. The van der Waals surface area contributed by atoms with Gasteiger partial charge in [-0.2, -0.15) is 0 Å². The van der Waals surface area contributed by atoms with Crippen molar-refractivity contribution >= 4 is 33.7 Å². The number of hydrogen-bond acceptors (Lipinski definition) is 6. The van der Waals surface area contributed by atoms with Gasteiger partial charge in [0.25, 0.3) is 0 Å². The van der Waals surface area contributed by atoms with Gasteiger partial charge in [-0.3, -0.25) is 0 Å². The van der Waals surface area contributed by atoms with Gasteiger partial charge in [-0.1, -0.05) is 12.1 Å². The molecule has 7 nitrogen and oxygen atoms in total. The highest BCUT2D eigenvalue weighted by molar-refractivity contribution is 5.80. The summed E-state index contributed by atoms with van der Waals surface area (Å²) < 4.78 is 5.43. The second kappa shape index (κ2) is 6.42. The molecule has 3 aromatic heterocycles. The Morgan fingerprint density at radius 3 is 2.97 bits per heavy atom. The molecule has 1 spiro atoms. The number of ether oxygens (including phenoxy) is 1. The Morgan fingerprint density at radius 2 is 2.10 bits per heavy atom. The van der Waals surface area contributed by atoms with E-state index >= 15 is 0 Å². The lowest BCUT2D eigenvalue weighted by molar-refractivity contribution is -0.0985. The van der Waals surface area contributed by atoms with Crippen molar-refractivity contribution in [2.75, 3.05) is 36.5 Å². The van der Waals surface area contributed by atoms with Crippen LogP contribution in [0.3, 0.4) is 0 Å². The second-order valence-electron chi connectivity index (χ2n) is 8.18. The van der Waals surface area contributed by atoms with Crippen molar-refractivity contribution in [1.82, 2.24) is 19.9 Å². The molecule has 2 aliphatic rings. The van der Waals surface area contributed by atoms with Crippen LogP contribution in [-0.2, 0) is 11.3 Å². The molecule has 5 heterocycles. The van der Waals surface area contributed by atoms with Crippen molar-refractivity contribution in [2.24, 2.45) is 5.41 Å². The lowest BCUT2D eigenvalue weighted by atomic mass is 9.85. The number of pyridine rings is 1. The first-order chi connectivity index (χ1) is 14.3. The molecule has 0 aliphatic carbocycles. The van der Waals surface area contributed by atoms with Crippen molar-refractivity contribution in [2.45, 2.75) is 13.0 Å². The molecular formula is C22H22N6O.